The Labute approximate surface area is 99.2 Å². The molecule has 0 amide bonds. The van der Waals surface area contributed by atoms with Crippen molar-refractivity contribution in [3.8, 4) is 0 Å². The first-order valence-corrected chi connectivity index (χ1v) is 5.35. The van der Waals surface area contributed by atoms with Crippen LogP contribution in [0.4, 0.5) is 0 Å². The van der Waals surface area contributed by atoms with E-state index in [2.05, 4.69) is 15.1 Å². The zero-order valence-electron chi connectivity index (χ0n) is 9.34. The number of rotatable bonds is 4. The van der Waals surface area contributed by atoms with Gasteiger partial charge in [-0.1, -0.05) is 11.6 Å². The molecule has 0 aliphatic carbocycles. The van der Waals surface area contributed by atoms with Gasteiger partial charge in [0.05, 0.1) is 24.1 Å². The molecular weight excluding hydrogens is 226 g/mol. The van der Waals surface area contributed by atoms with Gasteiger partial charge >= 0.3 is 0 Å². The second-order valence-corrected chi connectivity index (χ2v) is 4.31. The van der Waals surface area contributed by atoms with Crippen LogP contribution in [0.1, 0.15) is 5.56 Å². The van der Waals surface area contributed by atoms with Gasteiger partial charge < -0.3 is 0 Å². The molecule has 0 bridgehead atoms. The lowest BCUT2D eigenvalue weighted by atomic mass is 10.3. The Hall–Kier alpha value is -1.33. The number of aryl methyl sites for hydroxylation is 1. The molecule has 0 fully saturated rings. The first-order valence-electron chi connectivity index (χ1n) is 4.97. The van der Waals surface area contributed by atoms with Crippen LogP contribution in [0.2, 0.25) is 5.02 Å². The largest absolute Gasteiger partial charge is 0.283 e. The minimum Gasteiger partial charge on any atom is -0.283 e. The summed E-state index contributed by atoms with van der Waals surface area (Å²) in [4.78, 5) is 2.14. The van der Waals surface area contributed by atoms with Gasteiger partial charge in [-0.2, -0.15) is 10.2 Å². The van der Waals surface area contributed by atoms with Gasteiger partial charge in [0.15, 0.2) is 0 Å². The second kappa shape index (κ2) is 4.67. The fourth-order valence-corrected chi connectivity index (χ4v) is 1.73. The van der Waals surface area contributed by atoms with Crippen molar-refractivity contribution < 1.29 is 0 Å². The van der Waals surface area contributed by atoms with Crippen molar-refractivity contribution in [2.75, 3.05) is 7.05 Å². The molecule has 0 saturated heterocycles. The zero-order chi connectivity index (χ0) is 11.5. The molecule has 0 atom stereocenters. The maximum Gasteiger partial charge on any atom is 0.0929 e. The predicted octanol–water partition coefficient (Wildman–Crippen LogP) is 1.36. The lowest BCUT2D eigenvalue weighted by molar-refractivity contribution is 0.246. The van der Waals surface area contributed by atoms with Gasteiger partial charge in [0, 0.05) is 31.5 Å². The summed E-state index contributed by atoms with van der Waals surface area (Å²) in [5, 5.41) is 8.91. The van der Waals surface area contributed by atoms with Crippen molar-refractivity contribution in [1.82, 2.24) is 24.5 Å². The van der Waals surface area contributed by atoms with Crippen LogP contribution < -0.4 is 0 Å². The van der Waals surface area contributed by atoms with E-state index in [1.807, 2.05) is 26.5 Å². The number of halogens is 1. The summed E-state index contributed by atoms with van der Waals surface area (Å²) in [7, 11) is 3.94. The average molecular weight is 240 g/mol. The number of hydrogen-bond acceptors (Lipinski definition) is 3. The fourth-order valence-electron chi connectivity index (χ4n) is 1.58. The molecule has 2 rings (SSSR count). The van der Waals surface area contributed by atoms with Crippen molar-refractivity contribution in [1.29, 1.82) is 0 Å². The quantitative estimate of drug-likeness (QED) is 0.809. The SMILES string of the molecule is CN(Cc1cnn(C)c1)Cn1cc(Cl)cn1. The van der Waals surface area contributed by atoms with Crippen LogP contribution in [0, 0.1) is 0 Å². The monoisotopic (exact) mass is 239 g/mol. The van der Waals surface area contributed by atoms with Gasteiger partial charge in [0.25, 0.3) is 0 Å². The van der Waals surface area contributed by atoms with Crippen molar-refractivity contribution >= 4 is 11.6 Å². The molecule has 0 radical (unpaired) electrons. The Morgan fingerprint density at radius 1 is 1.31 bits per heavy atom. The second-order valence-electron chi connectivity index (χ2n) is 3.88. The summed E-state index contributed by atoms with van der Waals surface area (Å²) < 4.78 is 3.60. The maximum absolute atomic E-state index is 5.79. The third-order valence-electron chi connectivity index (χ3n) is 2.20. The summed E-state index contributed by atoms with van der Waals surface area (Å²) in [6.07, 6.45) is 7.32. The molecule has 2 heterocycles. The Kier molecular flexibility index (Phi) is 3.26. The highest BCUT2D eigenvalue weighted by atomic mass is 35.5. The first-order chi connectivity index (χ1) is 7.63. The molecule has 0 unspecified atom stereocenters. The molecule has 0 saturated carbocycles. The van der Waals surface area contributed by atoms with E-state index in [-0.39, 0.29) is 0 Å². The van der Waals surface area contributed by atoms with E-state index in [1.165, 1.54) is 5.56 Å². The molecule has 0 aliphatic heterocycles. The smallest absolute Gasteiger partial charge is 0.0929 e. The molecule has 86 valence electrons. The third-order valence-corrected chi connectivity index (χ3v) is 2.39. The summed E-state index contributed by atoms with van der Waals surface area (Å²) in [6, 6.07) is 0. The molecule has 16 heavy (non-hydrogen) atoms. The highest BCUT2D eigenvalue weighted by Crippen LogP contribution is 2.06. The Morgan fingerprint density at radius 2 is 2.12 bits per heavy atom. The summed E-state index contributed by atoms with van der Waals surface area (Å²) in [5.41, 5.74) is 1.18. The van der Waals surface area contributed by atoms with Crippen LogP contribution in [0.15, 0.2) is 24.8 Å². The standard InChI is InChI=1S/C10H14ClN5/c1-14(5-9-3-12-15(2)6-9)8-16-7-10(11)4-13-16/h3-4,6-7H,5,8H2,1-2H3. The topological polar surface area (TPSA) is 38.9 Å². The van der Waals surface area contributed by atoms with Crippen molar-refractivity contribution in [2.45, 2.75) is 13.2 Å². The number of nitrogens with zero attached hydrogens (tertiary/aromatic N) is 5. The number of aromatic nitrogens is 4. The van der Waals surface area contributed by atoms with Crippen molar-refractivity contribution in [3.63, 3.8) is 0 Å². The lowest BCUT2D eigenvalue weighted by Gasteiger charge is -2.15. The van der Waals surface area contributed by atoms with Gasteiger partial charge in [0.1, 0.15) is 0 Å². The highest BCUT2D eigenvalue weighted by Gasteiger charge is 2.03. The van der Waals surface area contributed by atoms with Gasteiger partial charge in [-0.15, -0.1) is 0 Å². The minimum atomic E-state index is 0.662. The summed E-state index contributed by atoms with van der Waals surface area (Å²) >= 11 is 5.79. The Bertz CT molecular complexity index is 419. The van der Waals surface area contributed by atoms with Crippen LogP contribution >= 0.6 is 11.6 Å². The van der Waals surface area contributed by atoms with Gasteiger partial charge in [-0.05, 0) is 7.05 Å². The Morgan fingerprint density at radius 3 is 2.69 bits per heavy atom. The normalized spacial score (nSPS) is 11.2. The third kappa shape index (κ3) is 2.84. The first kappa shape index (κ1) is 11.2. The van der Waals surface area contributed by atoms with E-state index < -0.39 is 0 Å². The van der Waals surface area contributed by atoms with Crippen LogP contribution in [-0.2, 0) is 20.3 Å². The molecular formula is C10H14ClN5. The molecule has 2 aromatic heterocycles. The molecule has 0 aromatic carbocycles. The molecule has 2 aromatic rings. The Balaban J connectivity index is 1.91. The van der Waals surface area contributed by atoms with Gasteiger partial charge in [-0.3, -0.25) is 14.3 Å². The molecule has 5 nitrogen and oxygen atoms in total. The van der Waals surface area contributed by atoms with Crippen LogP contribution in [0.5, 0.6) is 0 Å². The van der Waals surface area contributed by atoms with Crippen LogP contribution in [0.3, 0.4) is 0 Å². The molecule has 0 aliphatic rings. The lowest BCUT2D eigenvalue weighted by Crippen LogP contribution is -2.21. The van der Waals surface area contributed by atoms with E-state index >= 15 is 0 Å². The van der Waals surface area contributed by atoms with E-state index in [0.29, 0.717) is 11.7 Å². The summed E-state index contributed by atoms with van der Waals surface area (Å²) in [6.45, 7) is 1.55. The van der Waals surface area contributed by atoms with Crippen molar-refractivity contribution in [3.05, 3.63) is 35.4 Å². The van der Waals surface area contributed by atoms with E-state index in [9.17, 15) is 0 Å². The van der Waals surface area contributed by atoms with Crippen LogP contribution in [0.25, 0.3) is 0 Å². The maximum atomic E-state index is 5.79. The zero-order valence-corrected chi connectivity index (χ0v) is 10.1. The van der Waals surface area contributed by atoms with E-state index in [4.69, 9.17) is 11.6 Å². The minimum absolute atomic E-state index is 0.662. The van der Waals surface area contributed by atoms with E-state index in [1.54, 1.807) is 21.8 Å². The van der Waals surface area contributed by atoms with Crippen LogP contribution in [-0.4, -0.2) is 31.5 Å². The predicted molar refractivity (Wildman–Crippen MR) is 61.9 cm³/mol. The molecule has 6 heteroatoms. The van der Waals surface area contributed by atoms with Gasteiger partial charge in [-0.25, -0.2) is 0 Å². The highest BCUT2D eigenvalue weighted by molar-refractivity contribution is 6.30. The average Bonchev–Trinajstić information content (AvgIpc) is 2.76. The number of hydrogen-bond donors (Lipinski definition) is 0. The van der Waals surface area contributed by atoms with Crippen molar-refractivity contribution in [2.24, 2.45) is 7.05 Å². The van der Waals surface area contributed by atoms with Gasteiger partial charge in [0.2, 0.25) is 0 Å². The van der Waals surface area contributed by atoms with E-state index in [0.717, 1.165) is 6.54 Å². The molecule has 0 spiro atoms. The summed E-state index contributed by atoms with van der Waals surface area (Å²) in [5.74, 6) is 0. The molecule has 0 N–H and O–H groups in total. The fraction of sp³-hybridized carbons (Fsp3) is 0.400.